The predicted molar refractivity (Wildman–Crippen MR) is 140 cm³/mol. The summed E-state index contributed by atoms with van der Waals surface area (Å²) in [4.78, 5) is 19.2. The fraction of sp³-hybridized carbons (Fsp3) is 0.320. The Morgan fingerprint density at radius 2 is 1.97 bits per heavy atom. The second kappa shape index (κ2) is 11.8. The smallest absolute Gasteiger partial charge is 0.338 e. The summed E-state index contributed by atoms with van der Waals surface area (Å²) in [5.74, 6) is 1.01. The van der Waals surface area contributed by atoms with E-state index >= 15 is 0 Å². The van der Waals surface area contributed by atoms with Gasteiger partial charge in [0.1, 0.15) is 6.61 Å². The van der Waals surface area contributed by atoms with Crippen molar-refractivity contribution in [3.05, 3.63) is 89.2 Å². The van der Waals surface area contributed by atoms with Gasteiger partial charge in [-0.2, -0.15) is 5.10 Å². The van der Waals surface area contributed by atoms with Gasteiger partial charge in [0.15, 0.2) is 5.96 Å². The van der Waals surface area contributed by atoms with Crippen LogP contribution in [0.15, 0.2) is 72.0 Å². The lowest BCUT2D eigenvalue weighted by atomic mass is 10.0. The highest BCUT2D eigenvalue weighted by Crippen LogP contribution is 2.26. The Balaban J connectivity index is 0.00000306. The molecular formula is C25H30IN5O2. The highest BCUT2D eigenvalue weighted by atomic mass is 127. The molecule has 1 aromatic heterocycles. The summed E-state index contributed by atoms with van der Waals surface area (Å²) >= 11 is 0. The van der Waals surface area contributed by atoms with Crippen molar-refractivity contribution in [3.63, 3.8) is 0 Å². The number of carbonyl (C=O) groups excluding carboxylic acids is 1. The molecule has 0 radical (unpaired) electrons. The first-order chi connectivity index (χ1) is 15.6. The van der Waals surface area contributed by atoms with Crippen molar-refractivity contribution in [3.8, 4) is 0 Å². The fourth-order valence-electron chi connectivity index (χ4n) is 4.00. The SMILES string of the molecule is CN=C(NCc1cccc(C(=O)OCc2ccccc2)c1)N1CCC(c2cnn(C)c2)C1.I. The number of esters is 1. The van der Waals surface area contributed by atoms with Crippen molar-refractivity contribution in [1.29, 1.82) is 0 Å². The number of halogens is 1. The Hall–Kier alpha value is -2.88. The summed E-state index contributed by atoms with van der Waals surface area (Å²) in [6.45, 7) is 2.71. The van der Waals surface area contributed by atoms with E-state index in [1.54, 1.807) is 13.1 Å². The van der Waals surface area contributed by atoms with E-state index in [9.17, 15) is 4.79 Å². The van der Waals surface area contributed by atoms with E-state index in [2.05, 4.69) is 26.5 Å². The molecule has 1 aliphatic rings. The van der Waals surface area contributed by atoms with Gasteiger partial charge in [-0.1, -0.05) is 42.5 Å². The van der Waals surface area contributed by atoms with Crippen LogP contribution in [0.4, 0.5) is 0 Å². The number of rotatable bonds is 6. The number of benzene rings is 2. The number of guanidine groups is 1. The highest BCUT2D eigenvalue weighted by Gasteiger charge is 2.26. The molecule has 1 atom stereocenters. The lowest BCUT2D eigenvalue weighted by Crippen LogP contribution is -2.39. The van der Waals surface area contributed by atoms with Crippen molar-refractivity contribution in [2.45, 2.75) is 25.5 Å². The molecule has 2 aromatic carbocycles. The van der Waals surface area contributed by atoms with Crippen LogP contribution in [0.25, 0.3) is 0 Å². The van der Waals surface area contributed by atoms with E-state index in [0.717, 1.165) is 36.6 Å². The van der Waals surface area contributed by atoms with Crippen LogP contribution in [-0.4, -0.2) is 46.7 Å². The van der Waals surface area contributed by atoms with Crippen LogP contribution in [0.5, 0.6) is 0 Å². The number of hydrogen-bond donors (Lipinski definition) is 1. The zero-order chi connectivity index (χ0) is 22.3. The molecule has 0 amide bonds. The molecule has 0 bridgehead atoms. The van der Waals surface area contributed by atoms with Gasteiger partial charge in [-0.05, 0) is 35.2 Å². The maximum absolute atomic E-state index is 12.5. The number of ether oxygens (including phenoxy) is 1. The second-order valence-corrected chi connectivity index (χ2v) is 8.04. The molecule has 0 spiro atoms. The number of carbonyl (C=O) groups is 1. The summed E-state index contributed by atoms with van der Waals surface area (Å²) in [7, 11) is 3.75. The molecule has 1 aliphatic heterocycles. The molecule has 0 saturated carbocycles. The summed E-state index contributed by atoms with van der Waals surface area (Å²) in [6.07, 6.45) is 5.12. The van der Waals surface area contributed by atoms with Gasteiger partial charge < -0.3 is 15.0 Å². The number of likely N-dealkylation sites (tertiary alicyclic amines) is 1. The molecule has 33 heavy (non-hydrogen) atoms. The van der Waals surface area contributed by atoms with Crippen LogP contribution in [0.1, 0.15) is 39.4 Å². The van der Waals surface area contributed by atoms with Crippen molar-refractivity contribution >= 4 is 35.9 Å². The van der Waals surface area contributed by atoms with Crippen molar-refractivity contribution in [2.24, 2.45) is 12.0 Å². The van der Waals surface area contributed by atoms with Crippen LogP contribution in [0, 0.1) is 0 Å². The van der Waals surface area contributed by atoms with Crippen LogP contribution in [-0.2, 0) is 24.9 Å². The van der Waals surface area contributed by atoms with Crippen molar-refractivity contribution in [2.75, 3.05) is 20.1 Å². The van der Waals surface area contributed by atoms with Crippen LogP contribution in [0.3, 0.4) is 0 Å². The maximum Gasteiger partial charge on any atom is 0.338 e. The molecule has 7 nitrogen and oxygen atoms in total. The van der Waals surface area contributed by atoms with Gasteiger partial charge in [0.05, 0.1) is 11.8 Å². The zero-order valence-electron chi connectivity index (χ0n) is 19.0. The van der Waals surface area contributed by atoms with E-state index in [1.807, 2.05) is 66.5 Å². The largest absolute Gasteiger partial charge is 0.457 e. The third-order valence-corrected chi connectivity index (χ3v) is 5.72. The lowest BCUT2D eigenvalue weighted by Gasteiger charge is -2.21. The van der Waals surface area contributed by atoms with E-state index in [0.29, 0.717) is 18.0 Å². The van der Waals surface area contributed by atoms with E-state index in [-0.39, 0.29) is 36.6 Å². The Kier molecular flexibility index (Phi) is 8.87. The highest BCUT2D eigenvalue weighted by molar-refractivity contribution is 14.0. The number of aryl methyl sites for hydroxylation is 1. The molecule has 4 rings (SSSR count). The number of aliphatic imine (C=N–C) groups is 1. The average molecular weight is 559 g/mol. The summed E-state index contributed by atoms with van der Waals surface area (Å²) < 4.78 is 7.30. The molecule has 8 heteroatoms. The fourth-order valence-corrected chi connectivity index (χ4v) is 4.00. The quantitative estimate of drug-likeness (QED) is 0.214. The monoisotopic (exact) mass is 559 g/mol. The summed E-state index contributed by atoms with van der Waals surface area (Å²) in [6, 6.07) is 17.2. The molecule has 1 unspecified atom stereocenters. The Bertz CT molecular complexity index is 1080. The minimum atomic E-state index is -0.320. The number of aromatic nitrogens is 2. The van der Waals surface area contributed by atoms with Gasteiger partial charge in [0, 0.05) is 45.8 Å². The molecule has 0 aliphatic carbocycles. The molecular weight excluding hydrogens is 529 g/mol. The zero-order valence-corrected chi connectivity index (χ0v) is 21.3. The van der Waals surface area contributed by atoms with Gasteiger partial charge in [-0.15, -0.1) is 24.0 Å². The van der Waals surface area contributed by atoms with Crippen LogP contribution in [0.2, 0.25) is 0 Å². The van der Waals surface area contributed by atoms with E-state index < -0.39 is 0 Å². The molecule has 2 heterocycles. The van der Waals surface area contributed by atoms with E-state index in [1.165, 1.54) is 5.56 Å². The minimum Gasteiger partial charge on any atom is -0.457 e. The predicted octanol–water partition coefficient (Wildman–Crippen LogP) is 3.96. The maximum atomic E-state index is 12.5. The molecule has 174 valence electrons. The van der Waals surface area contributed by atoms with Gasteiger partial charge >= 0.3 is 5.97 Å². The Labute approximate surface area is 211 Å². The summed E-state index contributed by atoms with van der Waals surface area (Å²) in [5, 5.41) is 7.73. The van der Waals surface area contributed by atoms with Crippen molar-refractivity contribution < 1.29 is 9.53 Å². The van der Waals surface area contributed by atoms with Gasteiger partial charge in [-0.25, -0.2) is 4.79 Å². The molecule has 1 N–H and O–H groups in total. The minimum absolute atomic E-state index is 0. The van der Waals surface area contributed by atoms with Gasteiger partial charge in [0.2, 0.25) is 0 Å². The molecule has 1 fully saturated rings. The van der Waals surface area contributed by atoms with Gasteiger partial charge in [-0.3, -0.25) is 9.67 Å². The standard InChI is InChI=1S/C25H29N5O2.HI/c1-26-25(30-12-11-22(17-30)23-15-28-29(2)16-23)27-14-20-9-6-10-21(13-20)24(31)32-18-19-7-4-3-5-8-19;/h3-10,13,15-16,22H,11-12,14,17-18H2,1-2H3,(H,26,27);1H. The normalized spacial score (nSPS) is 15.8. The summed E-state index contributed by atoms with van der Waals surface area (Å²) in [5.41, 5.74) is 3.79. The average Bonchev–Trinajstić information content (AvgIpc) is 3.48. The Morgan fingerprint density at radius 1 is 1.18 bits per heavy atom. The van der Waals surface area contributed by atoms with Crippen LogP contribution < -0.4 is 5.32 Å². The third kappa shape index (κ3) is 6.56. The number of hydrogen-bond acceptors (Lipinski definition) is 4. The second-order valence-electron chi connectivity index (χ2n) is 8.04. The molecule has 3 aromatic rings. The third-order valence-electron chi connectivity index (χ3n) is 5.72. The first-order valence-corrected chi connectivity index (χ1v) is 10.9. The van der Waals surface area contributed by atoms with Crippen LogP contribution >= 0.6 is 24.0 Å². The van der Waals surface area contributed by atoms with Crippen molar-refractivity contribution in [1.82, 2.24) is 20.0 Å². The lowest BCUT2D eigenvalue weighted by molar-refractivity contribution is 0.0472. The van der Waals surface area contributed by atoms with E-state index in [4.69, 9.17) is 4.74 Å². The first-order valence-electron chi connectivity index (χ1n) is 10.9. The number of nitrogens with one attached hydrogen (secondary N) is 1. The first kappa shape index (κ1) is 24.8. The Morgan fingerprint density at radius 3 is 2.70 bits per heavy atom. The topological polar surface area (TPSA) is 71.8 Å². The molecule has 1 saturated heterocycles. The van der Waals surface area contributed by atoms with Gasteiger partial charge in [0.25, 0.3) is 0 Å². The number of nitrogens with zero attached hydrogens (tertiary/aromatic N) is 4.